The van der Waals surface area contributed by atoms with Gasteiger partial charge in [0.25, 0.3) is 0 Å². The van der Waals surface area contributed by atoms with Crippen LogP contribution in [-0.2, 0) is 0 Å². The van der Waals surface area contributed by atoms with Crippen LogP contribution in [0.4, 0.5) is 8.78 Å². The van der Waals surface area contributed by atoms with E-state index in [1.165, 1.54) is 6.92 Å². The molecule has 0 aromatic rings. The zero-order valence-corrected chi connectivity index (χ0v) is 7.20. The van der Waals surface area contributed by atoms with E-state index < -0.39 is 12.0 Å². The van der Waals surface area contributed by atoms with Gasteiger partial charge in [-0.3, -0.25) is 0 Å². The summed E-state index contributed by atoms with van der Waals surface area (Å²) in [5.74, 6) is -0.672. The highest BCUT2D eigenvalue weighted by atomic mass is 19.2. The summed E-state index contributed by atoms with van der Waals surface area (Å²) in [6.07, 6.45) is 2.75. The van der Waals surface area contributed by atoms with Crippen molar-refractivity contribution in [3.8, 4) is 0 Å². The third-order valence-corrected chi connectivity index (χ3v) is 1.33. The van der Waals surface area contributed by atoms with E-state index in [4.69, 9.17) is 0 Å². The Morgan fingerprint density at radius 1 is 1.55 bits per heavy atom. The van der Waals surface area contributed by atoms with Crippen molar-refractivity contribution < 1.29 is 8.78 Å². The van der Waals surface area contributed by atoms with E-state index in [-0.39, 0.29) is 0 Å². The number of rotatable bonds is 3. The molecule has 0 saturated carbocycles. The van der Waals surface area contributed by atoms with Crippen LogP contribution in [0.3, 0.4) is 0 Å². The molecule has 1 atom stereocenters. The van der Waals surface area contributed by atoms with Gasteiger partial charge < -0.3 is 0 Å². The molecule has 11 heavy (non-hydrogen) atoms. The van der Waals surface area contributed by atoms with Crippen molar-refractivity contribution >= 4 is 0 Å². The first-order chi connectivity index (χ1) is 5.09. The molecule has 0 saturated heterocycles. The van der Waals surface area contributed by atoms with Gasteiger partial charge in [0.05, 0.1) is 0 Å². The lowest BCUT2D eigenvalue weighted by Gasteiger charge is -1.99. The molecule has 0 spiro atoms. The summed E-state index contributed by atoms with van der Waals surface area (Å²) in [6, 6.07) is 0. The van der Waals surface area contributed by atoms with Crippen LogP contribution in [0.1, 0.15) is 27.2 Å². The number of halogens is 2. The predicted octanol–water partition coefficient (Wildman–Crippen LogP) is 3.55. The van der Waals surface area contributed by atoms with Crippen molar-refractivity contribution in [2.45, 2.75) is 33.4 Å². The Balaban J connectivity index is 4.27. The minimum atomic E-state index is -1.49. The van der Waals surface area contributed by atoms with Crippen molar-refractivity contribution in [3.63, 3.8) is 0 Å². The van der Waals surface area contributed by atoms with Crippen molar-refractivity contribution in [1.29, 1.82) is 0 Å². The Morgan fingerprint density at radius 3 is 2.45 bits per heavy atom. The smallest absolute Gasteiger partial charge is 0.149 e. The van der Waals surface area contributed by atoms with Crippen LogP contribution in [0.5, 0.6) is 0 Å². The quantitative estimate of drug-likeness (QED) is 0.554. The first-order valence-electron chi connectivity index (χ1n) is 3.76. The maximum absolute atomic E-state index is 12.7. The number of alkyl halides is 1. The fourth-order valence-corrected chi connectivity index (χ4v) is 0.688. The highest BCUT2D eigenvalue weighted by molar-refractivity contribution is 5.21. The van der Waals surface area contributed by atoms with Gasteiger partial charge in [-0.05, 0) is 25.8 Å². The third kappa shape index (κ3) is 3.91. The standard InChI is InChI=1S/C9H14F2/c1-4-5-6-7(2)9(11)8(3)10/h5-6,8H,4H2,1-3H3/b6-5-,9-7+. The van der Waals surface area contributed by atoms with Gasteiger partial charge in [-0.2, -0.15) is 0 Å². The first-order valence-corrected chi connectivity index (χ1v) is 3.76. The van der Waals surface area contributed by atoms with E-state index in [1.54, 1.807) is 19.1 Å². The minimum absolute atomic E-state index is 0.377. The third-order valence-electron chi connectivity index (χ3n) is 1.33. The molecule has 0 aliphatic rings. The summed E-state index contributed by atoms with van der Waals surface area (Å²) >= 11 is 0. The molecule has 0 amide bonds. The molecule has 0 rings (SSSR count). The Labute approximate surface area is 66.6 Å². The molecule has 0 aromatic heterocycles. The van der Waals surface area contributed by atoms with Gasteiger partial charge in [0.1, 0.15) is 12.0 Å². The highest BCUT2D eigenvalue weighted by Gasteiger charge is 2.06. The Bertz CT molecular complexity index is 166. The molecule has 0 N–H and O–H groups in total. The van der Waals surface area contributed by atoms with Crippen LogP contribution in [0, 0.1) is 0 Å². The Hall–Kier alpha value is -0.660. The molecule has 0 aliphatic heterocycles. The van der Waals surface area contributed by atoms with Gasteiger partial charge in [-0.25, -0.2) is 8.78 Å². The molecule has 0 aromatic carbocycles. The van der Waals surface area contributed by atoms with Crippen molar-refractivity contribution in [2.24, 2.45) is 0 Å². The second kappa shape index (κ2) is 5.05. The first kappa shape index (κ1) is 10.3. The van der Waals surface area contributed by atoms with E-state index in [1.807, 2.05) is 6.92 Å². The number of hydrogen-bond acceptors (Lipinski definition) is 0. The summed E-state index contributed by atoms with van der Waals surface area (Å²) in [5, 5.41) is 0. The number of allylic oxidation sites excluding steroid dienone is 4. The summed E-state index contributed by atoms with van der Waals surface area (Å²) in [4.78, 5) is 0. The van der Waals surface area contributed by atoms with Gasteiger partial charge in [0.15, 0.2) is 0 Å². The highest BCUT2D eigenvalue weighted by Crippen LogP contribution is 2.14. The van der Waals surface area contributed by atoms with E-state index in [2.05, 4.69) is 0 Å². The van der Waals surface area contributed by atoms with Crippen LogP contribution in [-0.4, -0.2) is 6.17 Å². The minimum Gasteiger partial charge on any atom is -0.240 e. The zero-order valence-electron chi connectivity index (χ0n) is 7.20. The van der Waals surface area contributed by atoms with Crippen molar-refractivity contribution in [2.75, 3.05) is 0 Å². The van der Waals surface area contributed by atoms with Gasteiger partial charge >= 0.3 is 0 Å². The lowest BCUT2D eigenvalue weighted by Crippen LogP contribution is -1.94. The summed E-state index contributed by atoms with van der Waals surface area (Å²) in [5.41, 5.74) is 0.377. The molecule has 0 aliphatic carbocycles. The van der Waals surface area contributed by atoms with E-state index in [0.29, 0.717) is 5.57 Å². The SMILES string of the molecule is CC/C=C\C(C)=C(\F)C(C)F. The Morgan fingerprint density at radius 2 is 2.09 bits per heavy atom. The normalized spacial score (nSPS) is 16.8. The van der Waals surface area contributed by atoms with Crippen molar-refractivity contribution in [1.82, 2.24) is 0 Å². The summed E-state index contributed by atoms with van der Waals surface area (Å²) in [7, 11) is 0. The van der Waals surface area contributed by atoms with E-state index in [9.17, 15) is 8.78 Å². The van der Waals surface area contributed by atoms with Crippen molar-refractivity contribution in [3.05, 3.63) is 23.6 Å². The molecule has 1 unspecified atom stereocenters. The van der Waals surface area contributed by atoms with E-state index in [0.717, 1.165) is 6.42 Å². The molecular weight excluding hydrogens is 146 g/mol. The molecule has 0 heterocycles. The second-order valence-electron chi connectivity index (χ2n) is 2.46. The average molecular weight is 160 g/mol. The maximum Gasteiger partial charge on any atom is 0.149 e. The lowest BCUT2D eigenvalue weighted by atomic mass is 10.2. The van der Waals surface area contributed by atoms with Crippen LogP contribution in [0.2, 0.25) is 0 Å². The molecule has 0 nitrogen and oxygen atoms in total. The average Bonchev–Trinajstić information content (AvgIpc) is 1.98. The Kier molecular flexibility index (Phi) is 4.75. The van der Waals surface area contributed by atoms with Crippen LogP contribution in [0.15, 0.2) is 23.6 Å². The molecule has 64 valence electrons. The topological polar surface area (TPSA) is 0 Å². The largest absolute Gasteiger partial charge is 0.240 e. The summed E-state index contributed by atoms with van der Waals surface area (Å²) < 4.78 is 25.0. The lowest BCUT2D eigenvalue weighted by molar-refractivity contribution is 0.347. The molecular formula is C9H14F2. The van der Waals surface area contributed by atoms with Gasteiger partial charge in [0, 0.05) is 0 Å². The molecule has 0 fully saturated rings. The number of hydrogen-bond donors (Lipinski definition) is 0. The van der Waals surface area contributed by atoms with Crippen LogP contribution < -0.4 is 0 Å². The van der Waals surface area contributed by atoms with Crippen LogP contribution >= 0.6 is 0 Å². The predicted molar refractivity (Wildman–Crippen MR) is 43.8 cm³/mol. The maximum atomic E-state index is 12.7. The fraction of sp³-hybridized carbons (Fsp3) is 0.556. The molecule has 0 radical (unpaired) electrons. The summed E-state index contributed by atoms with van der Waals surface area (Å²) in [6.45, 7) is 4.71. The monoisotopic (exact) mass is 160 g/mol. The molecule has 2 heteroatoms. The van der Waals surface area contributed by atoms with Gasteiger partial charge in [-0.15, -0.1) is 0 Å². The van der Waals surface area contributed by atoms with Crippen LogP contribution in [0.25, 0.3) is 0 Å². The zero-order chi connectivity index (χ0) is 8.85. The second-order valence-corrected chi connectivity index (χ2v) is 2.46. The fourth-order valence-electron chi connectivity index (χ4n) is 0.688. The van der Waals surface area contributed by atoms with Gasteiger partial charge in [0.2, 0.25) is 0 Å². The van der Waals surface area contributed by atoms with E-state index >= 15 is 0 Å². The molecule has 0 bridgehead atoms. The van der Waals surface area contributed by atoms with Gasteiger partial charge in [-0.1, -0.05) is 19.1 Å².